The van der Waals surface area contributed by atoms with Gasteiger partial charge in [0.25, 0.3) is 0 Å². The van der Waals surface area contributed by atoms with Gasteiger partial charge in [-0.3, -0.25) is 5.21 Å². The van der Waals surface area contributed by atoms with Crippen molar-refractivity contribution in [2.45, 2.75) is 18.7 Å². The highest BCUT2D eigenvalue weighted by Crippen LogP contribution is 2.37. The van der Waals surface area contributed by atoms with Crippen molar-refractivity contribution in [1.29, 1.82) is 0 Å². The molecule has 2 aromatic rings. The van der Waals surface area contributed by atoms with Crippen molar-refractivity contribution in [1.82, 2.24) is 5.23 Å². The first kappa shape index (κ1) is 21.0. The Bertz CT molecular complexity index is 836. The number of hydrogen-bond acceptors (Lipinski definition) is 5. The van der Waals surface area contributed by atoms with Gasteiger partial charge in [0.05, 0.1) is 5.03 Å². The standard InChI is InChI=1S/C18H16Cl3N2O2S/c1-11-8-9-14(12(2)10-11)22-18(26-13-6-4-3-5-7-13)16(23(24)25)15(19)17(20)21/h3-10,22,24H,1-2H3/q-1/b18-16+. The van der Waals surface area contributed by atoms with Crippen molar-refractivity contribution in [2.75, 3.05) is 5.32 Å². The number of nitrogens with zero attached hydrogens (tertiary/aromatic N) is 1. The fourth-order valence-corrected chi connectivity index (χ4v) is 3.54. The topological polar surface area (TPSA) is 58.6 Å². The number of nitrogens with one attached hydrogen (secondary N) is 1. The highest BCUT2D eigenvalue weighted by Gasteiger charge is 2.17. The summed E-state index contributed by atoms with van der Waals surface area (Å²) in [6.45, 7) is 3.91. The lowest BCUT2D eigenvalue weighted by molar-refractivity contribution is 0.00000513. The Labute approximate surface area is 171 Å². The molecule has 0 saturated carbocycles. The number of aryl methyl sites for hydroxylation is 2. The first-order valence-corrected chi connectivity index (χ1v) is 9.43. The molecule has 0 bridgehead atoms. The van der Waals surface area contributed by atoms with Gasteiger partial charge in [0.1, 0.15) is 15.2 Å². The van der Waals surface area contributed by atoms with E-state index >= 15 is 0 Å². The van der Waals surface area contributed by atoms with Crippen LogP contribution in [0, 0.1) is 19.1 Å². The van der Waals surface area contributed by atoms with Crippen LogP contribution in [0.25, 0.3) is 0 Å². The summed E-state index contributed by atoms with van der Waals surface area (Å²) in [4.78, 5) is 0.828. The second-order valence-electron chi connectivity index (χ2n) is 5.38. The SMILES string of the molecule is Cc1ccc(N/C(Sc2ccccc2)=C(/C(Cl)=C(Cl)Cl)N([O-])O)c(C)c1. The highest BCUT2D eigenvalue weighted by molar-refractivity contribution is 8.03. The van der Waals surface area contributed by atoms with Gasteiger partial charge in [-0.2, -0.15) is 0 Å². The number of anilines is 1. The van der Waals surface area contributed by atoms with E-state index in [0.29, 0.717) is 0 Å². The summed E-state index contributed by atoms with van der Waals surface area (Å²) >= 11 is 18.8. The minimum atomic E-state index is -0.352. The zero-order valence-electron chi connectivity index (χ0n) is 14.0. The van der Waals surface area contributed by atoms with Gasteiger partial charge in [0.15, 0.2) is 0 Å². The summed E-state index contributed by atoms with van der Waals surface area (Å²) in [5, 5.41) is 24.2. The number of rotatable bonds is 6. The van der Waals surface area contributed by atoms with Crippen LogP contribution in [0.4, 0.5) is 5.69 Å². The minimum Gasteiger partial charge on any atom is -0.733 e. The number of halogens is 3. The van der Waals surface area contributed by atoms with Crippen LogP contribution < -0.4 is 5.32 Å². The van der Waals surface area contributed by atoms with Crippen molar-refractivity contribution in [3.63, 3.8) is 0 Å². The van der Waals surface area contributed by atoms with Crippen LogP contribution in [0.5, 0.6) is 0 Å². The highest BCUT2D eigenvalue weighted by atomic mass is 35.5. The molecule has 2 N–H and O–H groups in total. The molecule has 0 atom stereocenters. The van der Waals surface area contributed by atoms with Crippen LogP contribution in [0.1, 0.15) is 11.1 Å². The van der Waals surface area contributed by atoms with Crippen LogP contribution in [0.3, 0.4) is 0 Å². The van der Waals surface area contributed by atoms with Gasteiger partial charge in [0, 0.05) is 10.6 Å². The van der Waals surface area contributed by atoms with Crippen molar-refractivity contribution in [2.24, 2.45) is 0 Å². The molecule has 4 nitrogen and oxygen atoms in total. The number of benzene rings is 2. The van der Waals surface area contributed by atoms with E-state index in [1.807, 2.05) is 62.4 Å². The Balaban J connectivity index is 2.56. The largest absolute Gasteiger partial charge is 0.733 e. The van der Waals surface area contributed by atoms with E-state index in [9.17, 15) is 10.4 Å². The maximum Gasteiger partial charge on any atom is 0.127 e. The molecule has 8 heteroatoms. The summed E-state index contributed by atoms with van der Waals surface area (Å²) in [6.07, 6.45) is 0. The summed E-state index contributed by atoms with van der Waals surface area (Å²) in [5.74, 6) is 0. The molecule has 0 aromatic heterocycles. The minimum absolute atomic E-state index is 0.262. The van der Waals surface area contributed by atoms with Gasteiger partial charge in [-0.15, -0.1) is 0 Å². The van der Waals surface area contributed by atoms with Crippen molar-refractivity contribution < 1.29 is 5.21 Å². The summed E-state index contributed by atoms with van der Waals surface area (Å²) < 4.78 is -0.329. The van der Waals surface area contributed by atoms with Crippen molar-refractivity contribution in [3.05, 3.63) is 85.1 Å². The normalized spacial score (nSPS) is 11.7. The Hall–Kier alpha value is -1.34. The third-order valence-electron chi connectivity index (χ3n) is 3.37. The van der Waals surface area contributed by atoms with Gasteiger partial charge in [-0.1, -0.05) is 82.5 Å². The average molecular weight is 431 g/mol. The molecule has 0 aliphatic carbocycles. The number of allylic oxidation sites excluding steroid dienone is 1. The molecule has 0 unspecified atom stereocenters. The molecule has 0 spiro atoms. The van der Waals surface area contributed by atoms with Gasteiger partial charge in [-0.25, -0.2) is 0 Å². The summed E-state index contributed by atoms with van der Waals surface area (Å²) in [6, 6.07) is 15.1. The molecule has 138 valence electrons. The molecule has 2 aromatic carbocycles. The predicted octanol–water partition coefficient (Wildman–Crippen LogP) is 6.75. The Kier molecular flexibility index (Phi) is 7.70. The lowest BCUT2D eigenvalue weighted by Gasteiger charge is -2.28. The van der Waals surface area contributed by atoms with Gasteiger partial charge in [0.2, 0.25) is 0 Å². The van der Waals surface area contributed by atoms with E-state index in [4.69, 9.17) is 34.8 Å². The van der Waals surface area contributed by atoms with Crippen LogP contribution in [-0.2, 0) is 0 Å². The summed E-state index contributed by atoms with van der Waals surface area (Å²) in [5.41, 5.74) is 2.54. The van der Waals surface area contributed by atoms with Crippen LogP contribution in [-0.4, -0.2) is 10.4 Å². The number of hydrogen-bond donors (Lipinski definition) is 2. The molecule has 0 amide bonds. The molecule has 0 saturated heterocycles. The molecule has 0 fully saturated rings. The van der Waals surface area contributed by atoms with Gasteiger partial charge < -0.3 is 15.8 Å². The van der Waals surface area contributed by atoms with Gasteiger partial charge in [-0.05, 0) is 37.6 Å². The first-order chi connectivity index (χ1) is 12.3. The molecule has 26 heavy (non-hydrogen) atoms. The molecule has 0 aliphatic rings. The van der Waals surface area contributed by atoms with E-state index in [1.165, 1.54) is 11.8 Å². The molecular weight excluding hydrogens is 415 g/mol. The quantitative estimate of drug-likeness (QED) is 0.301. The molecular formula is C18H16Cl3N2O2S-. The Morgan fingerprint density at radius 1 is 1.08 bits per heavy atom. The van der Waals surface area contributed by atoms with Crippen molar-refractivity contribution >= 4 is 52.3 Å². The molecule has 0 heterocycles. The lowest BCUT2D eigenvalue weighted by atomic mass is 10.1. The second-order valence-corrected chi connectivity index (χ2v) is 7.79. The molecule has 2 rings (SSSR count). The zero-order chi connectivity index (χ0) is 19.3. The van der Waals surface area contributed by atoms with E-state index in [0.717, 1.165) is 21.7 Å². The Morgan fingerprint density at radius 3 is 2.27 bits per heavy atom. The van der Waals surface area contributed by atoms with Crippen LogP contribution in [0.15, 0.2) is 73.7 Å². The lowest BCUT2D eigenvalue weighted by Crippen LogP contribution is -2.16. The monoisotopic (exact) mass is 429 g/mol. The van der Waals surface area contributed by atoms with E-state index in [1.54, 1.807) is 0 Å². The van der Waals surface area contributed by atoms with E-state index in [-0.39, 0.29) is 25.5 Å². The Morgan fingerprint density at radius 2 is 1.73 bits per heavy atom. The number of thioether (sulfide) groups is 1. The third kappa shape index (κ3) is 5.58. The maximum absolute atomic E-state index is 11.8. The fraction of sp³-hybridized carbons (Fsp3) is 0.111. The zero-order valence-corrected chi connectivity index (χ0v) is 17.0. The van der Waals surface area contributed by atoms with Crippen LogP contribution >= 0.6 is 46.6 Å². The van der Waals surface area contributed by atoms with Gasteiger partial charge >= 0.3 is 0 Å². The smallest absolute Gasteiger partial charge is 0.127 e. The fourth-order valence-electron chi connectivity index (χ4n) is 2.18. The van der Waals surface area contributed by atoms with E-state index in [2.05, 4.69) is 5.32 Å². The predicted molar refractivity (Wildman–Crippen MR) is 110 cm³/mol. The molecule has 0 aliphatic heterocycles. The average Bonchev–Trinajstić information content (AvgIpc) is 2.57. The van der Waals surface area contributed by atoms with Crippen molar-refractivity contribution in [3.8, 4) is 0 Å². The number of hydroxylamine groups is 2. The van der Waals surface area contributed by atoms with E-state index < -0.39 is 0 Å². The summed E-state index contributed by atoms with van der Waals surface area (Å²) in [7, 11) is 0. The third-order valence-corrected chi connectivity index (χ3v) is 5.32. The van der Waals surface area contributed by atoms with Crippen LogP contribution in [0.2, 0.25) is 0 Å². The first-order valence-electron chi connectivity index (χ1n) is 7.48. The molecule has 0 radical (unpaired) electrons. The second kappa shape index (κ2) is 9.55. The maximum atomic E-state index is 11.8.